The van der Waals surface area contributed by atoms with Gasteiger partial charge in [-0.05, 0) is 48.9 Å². The Bertz CT molecular complexity index is 864. The number of fused-ring (bicyclic) bond motifs is 1. The molecule has 176 valence electrons. The van der Waals surface area contributed by atoms with Crippen molar-refractivity contribution in [1.29, 1.82) is 0 Å². The van der Waals surface area contributed by atoms with Gasteiger partial charge >= 0.3 is 5.97 Å². The summed E-state index contributed by atoms with van der Waals surface area (Å²) in [5.74, 6) is 0.131. The van der Waals surface area contributed by atoms with Crippen molar-refractivity contribution in [3.8, 4) is 5.75 Å². The number of nitrogens with zero attached hydrogens (tertiary/aromatic N) is 1. The summed E-state index contributed by atoms with van der Waals surface area (Å²) in [6, 6.07) is 7.76. The monoisotopic (exact) mass is 451 g/mol. The van der Waals surface area contributed by atoms with E-state index in [0.717, 1.165) is 29.4 Å². The highest BCUT2D eigenvalue weighted by molar-refractivity contribution is 5.82. The van der Waals surface area contributed by atoms with E-state index in [1.807, 2.05) is 24.3 Å². The van der Waals surface area contributed by atoms with Crippen molar-refractivity contribution in [2.45, 2.75) is 50.0 Å². The lowest BCUT2D eigenvalue weighted by Gasteiger charge is -2.39. The summed E-state index contributed by atoms with van der Waals surface area (Å²) in [7, 11) is 0. The number of rotatable bonds is 11. The van der Waals surface area contributed by atoms with Crippen LogP contribution in [-0.2, 0) is 19.0 Å². The minimum atomic E-state index is -1.63. The third-order valence-electron chi connectivity index (χ3n) is 5.17. The fourth-order valence-electron chi connectivity index (χ4n) is 3.38. The van der Waals surface area contributed by atoms with E-state index >= 15 is 0 Å². The molecule has 2 aromatic rings. The van der Waals surface area contributed by atoms with Crippen LogP contribution in [0.25, 0.3) is 10.8 Å². The fraction of sp³-hybridized carbons (Fsp3) is 0.545. The highest BCUT2D eigenvalue weighted by Crippen LogP contribution is 2.22. The molecule has 0 amide bonds. The molecule has 10 heteroatoms. The molecule has 0 saturated carbocycles. The Balaban J connectivity index is 1.27. The molecule has 1 fully saturated rings. The molecular weight excluding hydrogens is 422 g/mol. The van der Waals surface area contributed by atoms with Crippen LogP contribution in [0.2, 0.25) is 0 Å². The summed E-state index contributed by atoms with van der Waals surface area (Å²) in [6.45, 7) is -0.338. The molecule has 5 atom stereocenters. The summed E-state index contributed by atoms with van der Waals surface area (Å²) in [6.07, 6.45) is -1.22. The number of hydrogen-bond donors (Lipinski definition) is 4. The zero-order valence-electron chi connectivity index (χ0n) is 17.6. The predicted octanol–water partition coefficient (Wildman–Crippen LogP) is 0.144. The van der Waals surface area contributed by atoms with Gasteiger partial charge in [-0.25, -0.2) is 4.79 Å². The largest absolute Gasteiger partial charge is 0.494 e. The van der Waals surface area contributed by atoms with Crippen LogP contribution in [0.15, 0.2) is 36.7 Å². The van der Waals surface area contributed by atoms with E-state index in [9.17, 15) is 20.1 Å². The number of aliphatic hydroxyl groups is 4. The third-order valence-corrected chi connectivity index (χ3v) is 5.17. The van der Waals surface area contributed by atoms with Gasteiger partial charge in [0.1, 0.15) is 36.8 Å². The highest BCUT2D eigenvalue weighted by Gasteiger charge is 2.44. The van der Waals surface area contributed by atoms with Crippen LogP contribution >= 0.6 is 0 Å². The lowest BCUT2D eigenvalue weighted by Crippen LogP contribution is -2.59. The molecule has 1 aromatic heterocycles. The summed E-state index contributed by atoms with van der Waals surface area (Å²) in [5.41, 5.74) is 0. The van der Waals surface area contributed by atoms with E-state index in [-0.39, 0.29) is 6.61 Å². The fourth-order valence-corrected chi connectivity index (χ4v) is 3.38. The molecule has 0 radical (unpaired) electrons. The quantitative estimate of drug-likeness (QED) is 0.275. The summed E-state index contributed by atoms with van der Waals surface area (Å²) >= 11 is 0. The van der Waals surface area contributed by atoms with Gasteiger partial charge in [0.2, 0.25) is 0 Å². The molecule has 1 aliphatic rings. The van der Waals surface area contributed by atoms with Gasteiger partial charge in [-0.1, -0.05) is 0 Å². The zero-order valence-corrected chi connectivity index (χ0v) is 17.6. The van der Waals surface area contributed by atoms with Gasteiger partial charge < -0.3 is 39.4 Å². The van der Waals surface area contributed by atoms with E-state index in [0.29, 0.717) is 13.0 Å². The van der Waals surface area contributed by atoms with Crippen LogP contribution in [-0.4, -0.2) is 88.5 Å². The van der Waals surface area contributed by atoms with Crippen molar-refractivity contribution in [1.82, 2.24) is 4.98 Å². The van der Waals surface area contributed by atoms with Gasteiger partial charge in [0.05, 0.1) is 19.8 Å². The van der Waals surface area contributed by atoms with E-state index in [1.54, 1.807) is 12.4 Å². The van der Waals surface area contributed by atoms with Crippen molar-refractivity contribution in [2.75, 3.05) is 26.4 Å². The Kier molecular flexibility index (Phi) is 9.15. The minimum absolute atomic E-state index is 0.200. The van der Waals surface area contributed by atoms with Crippen molar-refractivity contribution in [2.24, 2.45) is 0 Å². The molecule has 0 spiro atoms. The molecule has 1 unspecified atom stereocenters. The van der Waals surface area contributed by atoms with Crippen LogP contribution in [0.5, 0.6) is 5.75 Å². The van der Waals surface area contributed by atoms with Crippen LogP contribution in [0.4, 0.5) is 0 Å². The SMILES string of the molecule is O=C(CO[C@H]1[C@H](O)[C@@H](CO)OC(O)[C@@H]1O)OCCCCCOc1ccc2cnccc2c1. The normalized spacial score (nSPS) is 25.6. The number of carbonyl (C=O) groups is 1. The van der Waals surface area contributed by atoms with E-state index < -0.39 is 49.9 Å². The first-order chi connectivity index (χ1) is 15.5. The van der Waals surface area contributed by atoms with Crippen molar-refractivity contribution < 1.29 is 44.2 Å². The third kappa shape index (κ3) is 6.58. The first-order valence-electron chi connectivity index (χ1n) is 10.5. The smallest absolute Gasteiger partial charge is 0.332 e. The maximum atomic E-state index is 11.8. The minimum Gasteiger partial charge on any atom is -0.494 e. The molecule has 0 aliphatic carbocycles. The van der Waals surface area contributed by atoms with Crippen molar-refractivity contribution >= 4 is 16.7 Å². The maximum Gasteiger partial charge on any atom is 0.332 e. The van der Waals surface area contributed by atoms with Crippen LogP contribution < -0.4 is 4.74 Å². The number of hydrogen-bond acceptors (Lipinski definition) is 10. The highest BCUT2D eigenvalue weighted by atomic mass is 16.6. The number of benzene rings is 1. The van der Waals surface area contributed by atoms with Gasteiger partial charge in [0.25, 0.3) is 0 Å². The van der Waals surface area contributed by atoms with Gasteiger partial charge in [-0.3, -0.25) is 4.98 Å². The molecule has 0 bridgehead atoms. The average Bonchev–Trinajstić information content (AvgIpc) is 2.80. The molecule has 1 saturated heterocycles. The predicted molar refractivity (Wildman–Crippen MR) is 112 cm³/mol. The van der Waals surface area contributed by atoms with Crippen LogP contribution in [0, 0.1) is 0 Å². The number of aromatic nitrogens is 1. The Hall–Kier alpha value is -2.34. The Morgan fingerprint density at radius 2 is 1.84 bits per heavy atom. The molecule has 2 heterocycles. The maximum absolute atomic E-state index is 11.8. The Labute approximate surface area is 185 Å². The summed E-state index contributed by atoms with van der Waals surface area (Å²) in [5, 5.41) is 40.7. The van der Waals surface area contributed by atoms with Crippen molar-refractivity contribution in [3.05, 3.63) is 36.7 Å². The number of carbonyl (C=O) groups excluding carboxylic acids is 1. The molecular formula is C22H29NO9. The molecule has 32 heavy (non-hydrogen) atoms. The second-order valence-corrected chi connectivity index (χ2v) is 7.52. The number of aliphatic hydroxyl groups excluding tert-OH is 4. The van der Waals surface area contributed by atoms with Crippen LogP contribution in [0.1, 0.15) is 19.3 Å². The topological polar surface area (TPSA) is 148 Å². The lowest BCUT2D eigenvalue weighted by atomic mass is 9.99. The number of pyridine rings is 1. The standard InChI is InChI=1S/C22H29NO9/c24-12-17-19(26)21(20(27)22(28)32-17)31-13-18(25)30-9-3-1-2-8-29-16-5-4-15-11-23-7-6-14(15)10-16/h4-7,10-11,17,19-22,24,26-28H,1-3,8-9,12-13H2/t17-,19-,20-,21+,22?/m1/s1. The molecule has 3 rings (SSSR count). The number of esters is 1. The first kappa shape index (κ1) is 24.3. The molecule has 1 aliphatic heterocycles. The van der Waals surface area contributed by atoms with Gasteiger partial charge in [0, 0.05) is 17.8 Å². The summed E-state index contributed by atoms with van der Waals surface area (Å²) < 4.78 is 20.9. The number of unbranched alkanes of at least 4 members (excludes halogenated alkanes) is 2. The molecule has 10 nitrogen and oxygen atoms in total. The average molecular weight is 451 g/mol. The van der Waals surface area contributed by atoms with E-state index in [1.165, 1.54) is 0 Å². The van der Waals surface area contributed by atoms with Crippen LogP contribution in [0.3, 0.4) is 0 Å². The first-order valence-corrected chi connectivity index (χ1v) is 10.5. The number of ether oxygens (including phenoxy) is 4. The second-order valence-electron chi connectivity index (χ2n) is 7.52. The Morgan fingerprint density at radius 3 is 2.66 bits per heavy atom. The van der Waals surface area contributed by atoms with Gasteiger partial charge in [-0.15, -0.1) is 0 Å². The second kappa shape index (κ2) is 12.0. The van der Waals surface area contributed by atoms with Gasteiger partial charge in [0.15, 0.2) is 6.29 Å². The van der Waals surface area contributed by atoms with Gasteiger partial charge in [-0.2, -0.15) is 0 Å². The van der Waals surface area contributed by atoms with E-state index in [4.69, 9.17) is 24.1 Å². The van der Waals surface area contributed by atoms with E-state index in [2.05, 4.69) is 4.98 Å². The Morgan fingerprint density at radius 1 is 1.03 bits per heavy atom. The summed E-state index contributed by atoms with van der Waals surface area (Å²) in [4.78, 5) is 15.9. The molecule has 4 N–H and O–H groups in total. The van der Waals surface area contributed by atoms with Crippen molar-refractivity contribution in [3.63, 3.8) is 0 Å². The molecule has 1 aromatic carbocycles. The lowest BCUT2D eigenvalue weighted by molar-refractivity contribution is -0.294. The zero-order chi connectivity index (χ0) is 22.9.